The minimum atomic E-state index is -0.0115. The Hall–Kier alpha value is -1.26. The highest BCUT2D eigenvalue weighted by Gasteiger charge is 2.50. The molecule has 5 fully saturated rings. The minimum absolute atomic E-state index is 0.0115. The summed E-state index contributed by atoms with van der Waals surface area (Å²) in [6.07, 6.45) is 8.25. The molecular weight excluding hydrogens is 358 g/mol. The van der Waals surface area contributed by atoms with Crippen LogP contribution in [0.5, 0.6) is 0 Å². The Morgan fingerprint density at radius 1 is 1.11 bits per heavy atom. The lowest BCUT2D eigenvalue weighted by Gasteiger charge is -2.56. The number of amides is 1. The maximum atomic E-state index is 12.8. The molecule has 1 amide bonds. The Balaban J connectivity index is 1.25. The molecule has 4 bridgehead atoms. The molecule has 0 aromatic heterocycles. The molecule has 4 saturated carbocycles. The van der Waals surface area contributed by atoms with Crippen molar-refractivity contribution in [1.29, 1.82) is 0 Å². The van der Waals surface area contributed by atoms with Crippen molar-refractivity contribution in [2.24, 2.45) is 23.2 Å². The lowest BCUT2D eigenvalue weighted by Crippen LogP contribution is -2.51. The lowest BCUT2D eigenvalue weighted by molar-refractivity contribution is -0.0503. The molecule has 5 aliphatic rings. The van der Waals surface area contributed by atoms with Crippen molar-refractivity contribution in [1.82, 2.24) is 10.6 Å². The molecule has 146 valence electrons. The monoisotopic (exact) mass is 387 g/mol. The maximum Gasteiger partial charge on any atom is 0.252 e. The molecule has 1 aromatic rings. The molecule has 0 unspecified atom stereocenters. The summed E-state index contributed by atoms with van der Waals surface area (Å²) >= 11 is 6.50. The normalized spacial score (nSPS) is 34.7. The molecule has 0 spiro atoms. The topological polar surface area (TPSA) is 44.4 Å². The Morgan fingerprint density at radius 2 is 1.74 bits per heavy atom. The average molecular weight is 388 g/mol. The first kappa shape index (κ1) is 17.8. The van der Waals surface area contributed by atoms with Crippen LogP contribution in [-0.4, -0.2) is 38.6 Å². The van der Waals surface area contributed by atoms with Gasteiger partial charge in [-0.05, 0) is 79.9 Å². The van der Waals surface area contributed by atoms with Crippen molar-refractivity contribution in [3.05, 3.63) is 28.8 Å². The third kappa shape index (κ3) is 3.47. The van der Waals surface area contributed by atoms with Gasteiger partial charge < -0.3 is 15.5 Å². The molecule has 1 aliphatic heterocycles. The number of carbonyl (C=O) groups excluding carboxylic acids is 1. The Labute approximate surface area is 167 Å². The largest absolute Gasteiger partial charge is 0.369 e. The van der Waals surface area contributed by atoms with E-state index in [9.17, 15) is 4.79 Å². The van der Waals surface area contributed by atoms with Gasteiger partial charge in [-0.1, -0.05) is 11.6 Å². The van der Waals surface area contributed by atoms with E-state index in [1.54, 1.807) is 0 Å². The number of benzene rings is 1. The van der Waals surface area contributed by atoms with Gasteiger partial charge in [0.1, 0.15) is 0 Å². The Kier molecular flexibility index (Phi) is 4.60. The SMILES string of the molecule is O=C(NCC12CC3CC(CC(C3)C1)C2)c1ccc(N2CCNCC2)cc1Cl. The highest BCUT2D eigenvalue weighted by atomic mass is 35.5. The van der Waals surface area contributed by atoms with Gasteiger partial charge >= 0.3 is 0 Å². The second-order valence-corrected chi connectivity index (χ2v) is 9.91. The third-order valence-corrected chi connectivity index (χ3v) is 7.78. The summed E-state index contributed by atoms with van der Waals surface area (Å²) in [6.45, 7) is 4.77. The molecule has 0 radical (unpaired) electrons. The summed E-state index contributed by atoms with van der Waals surface area (Å²) in [7, 11) is 0. The lowest BCUT2D eigenvalue weighted by atomic mass is 9.49. The molecule has 1 aromatic carbocycles. The molecule has 4 nitrogen and oxygen atoms in total. The summed E-state index contributed by atoms with van der Waals surface area (Å²) in [5, 5.41) is 7.17. The van der Waals surface area contributed by atoms with Crippen LogP contribution in [0.3, 0.4) is 0 Å². The summed E-state index contributed by atoms with van der Waals surface area (Å²) in [4.78, 5) is 15.1. The first-order chi connectivity index (χ1) is 13.1. The zero-order valence-electron chi connectivity index (χ0n) is 16.0. The van der Waals surface area contributed by atoms with Crippen LogP contribution >= 0.6 is 11.6 Å². The highest BCUT2D eigenvalue weighted by molar-refractivity contribution is 6.34. The Bertz CT molecular complexity index is 693. The fraction of sp³-hybridized carbons (Fsp3) is 0.682. The van der Waals surface area contributed by atoms with Gasteiger partial charge in [0, 0.05) is 38.4 Å². The molecular formula is C22H30ClN3O. The van der Waals surface area contributed by atoms with Crippen molar-refractivity contribution in [3.63, 3.8) is 0 Å². The number of piperazine rings is 1. The second-order valence-electron chi connectivity index (χ2n) is 9.50. The summed E-state index contributed by atoms with van der Waals surface area (Å²) in [5.41, 5.74) is 2.08. The molecule has 5 heteroatoms. The van der Waals surface area contributed by atoms with E-state index in [0.717, 1.165) is 56.2 Å². The van der Waals surface area contributed by atoms with Gasteiger partial charge in [-0.2, -0.15) is 0 Å². The van der Waals surface area contributed by atoms with E-state index in [0.29, 0.717) is 16.0 Å². The van der Waals surface area contributed by atoms with Crippen molar-refractivity contribution in [2.45, 2.75) is 38.5 Å². The van der Waals surface area contributed by atoms with Crippen LogP contribution in [0.1, 0.15) is 48.9 Å². The van der Waals surface area contributed by atoms with Crippen LogP contribution in [0.2, 0.25) is 5.02 Å². The smallest absolute Gasteiger partial charge is 0.252 e. The van der Waals surface area contributed by atoms with E-state index in [4.69, 9.17) is 11.6 Å². The van der Waals surface area contributed by atoms with Crippen LogP contribution in [0.25, 0.3) is 0 Å². The maximum absolute atomic E-state index is 12.8. The summed E-state index contributed by atoms with van der Waals surface area (Å²) < 4.78 is 0. The van der Waals surface area contributed by atoms with Gasteiger partial charge in [0.25, 0.3) is 5.91 Å². The van der Waals surface area contributed by atoms with Crippen LogP contribution in [0, 0.1) is 23.2 Å². The zero-order valence-corrected chi connectivity index (χ0v) is 16.7. The van der Waals surface area contributed by atoms with Crippen LogP contribution in [0.15, 0.2) is 18.2 Å². The molecule has 2 N–H and O–H groups in total. The molecule has 1 saturated heterocycles. The van der Waals surface area contributed by atoms with Gasteiger partial charge in [-0.25, -0.2) is 0 Å². The Morgan fingerprint density at radius 3 is 2.33 bits per heavy atom. The fourth-order valence-electron chi connectivity index (χ4n) is 6.68. The van der Waals surface area contributed by atoms with Crippen LogP contribution in [0.4, 0.5) is 5.69 Å². The van der Waals surface area contributed by atoms with E-state index < -0.39 is 0 Å². The number of hydrogen-bond acceptors (Lipinski definition) is 3. The van der Waals surface area contributed by atoms with E-state index in [1.807, 2.05) is 18.2 Å². The highest BCUT2D eigenvalue weighted by Crippen LogP contribution is 2.59. The van der Waals surface area contributed by atoms with Crippen molar-refractivity contribution in [3.8, 4) is 0 Å². The standard InChI is InChI=1S/C22H30ClN3O/c23-20-10-18(26-5-3-24-4-6-26)1-2-19(20)21(27)25-14-22-11-15-7-16(12-22)9-17(8-15)13-22/h1-2,10,15-17,24H,3-9,11-14H2,(H,25,27). The van der Waals surface area contributed by atoms with Gasteiger partial charge in [0.2, 0.25) is 0 Å². The van der Waals surface area contributed by atoms with Crippen LogP contribution in [-0.2, 0) is 0 Å². The number of anilines is 1. The van der Waals surface area contributed by atoms with E-state index in [2.05, 4.69) is 15.5 Å². The zero-order chi connectivity index (χ0) is 18.4. The summed E-state index contributed by atoms with van der Waals surface area (Å²) in [6, 6.07) is 5.89. The van der Waals surface area contributed by atoms with Crippen molar-refractivity contribution in [2.75, 3.05) is 37.6 Å². The predicted molar refractivity (Wildman–Crippen MR) is 109 cm³/mol. The number of halogens is 1. The van der Waals surface area contributed by atoms with Crippen molar-refractivity contribution >= 4 is 23.2 Å². The number of nitrogens with zero attached hydrogens (tertiary/aromatic N) is 1. The first-order valence-corrected chi connectivity index (χ1v) is 11.0. The van der Waals surface area contributed by atoms with Gasteiger partial charge in [-0.15, -0.1) is 0 Å². The molecule has 27 heavy (non-hydrogen) atoms. The second kappa shape index (κ2) is 6.97. The fourth-order valence-corrected chi connectivity index (χ4v) is 6.94. The predicted octanol–water partition coefficient (Wildman–Crippen LogP) is 3.70. The average Bonchev–Trinajstić information content (AvgIpc) is 2.66. The van der Waals surface area contributed by atoms with E-state index in [-0.39, 0.29) is 5.91 Å². The molecule has 0 atom stereocenters. The van der Waals surface area contributed by atoms with Gasteiger partial charge in [0.15, 0.2) is 0 Å². The van der Waals surface area contributed by atoms with Gasteiger partial charge in [-0.3, -0.25) is 4.79 Å². The van der Waals surface area contributed by atoms with E-state index >= 15 is 0 Å². The molecule has 6 rings (SSSR count). The molecule has 1 heterocycles. The van der Waals surface area contributed by atoms with E-state index in [1.165, 1.54) is 38.5 Å². The number of nitrogens with one attached hydrogen (secondary N) is 2. The summed E-state index contributed by atoms with van der Waals surface area (Å²) in [5.74, 6) is 2.72. The van der Waals surface area contributed by atoms with Crippen molar-refractivity contribution < 1.29 is 4.79 Å². The third-order valence-electron chi connectivity index (χ3n) is 7.47. The minimum Gasteiger partial charge on any atom is -0.369 e. The first-order valence-electron chi connectivity index (χ1n) is 10.6. The van der Waals surface area contributed by atoms with Crippen LogP contribution < -0.4 is 15.5 Å². The number of carbonyl (C=O) groups is 1. The quantitative estimate of drug-likeness (QED) is 0.828. The van der Waals surface area contributed by atoms with Gasteiger partial charge in [0.05, 0.1) is 10.6 Å². The number of hydrogen-bond donors (Lipinski definition) is 2. The molecule has 4 aliphatic carbocycles. The number of rotatable bonds is 4.